The van der Waals surface area contributed by atoms with Gasteiger partial charge in [-0.25, -0.2) is 9.18 Å². The normalized spacial score (nSPS) is 10.5. The predicted molar refractivity (Wildman–Crippen MR) is 89.1 cm³/mol. The lowest BCUT2D eigenvalue weighted by Gasteiger charge is -2.03. The van der Waals surface area contributed by atoms with E-state index in [0.717, 1.165) is 6.07 Å². The van der Waals surface area contributed by atoms with E-state index in [4.69, 9.17) is 20.9 Å². The summed E-state index contributed by atoms with van der Waals surface area (Å²) in [4.78, 5) is 22.2. The van der Waals surface area contributed by atoms with Crippen LogP contribution < -0.4 is 0 Å². The van der Waals surface area contributed by atoms with E-state index in [1.54, 1.807) is 12.1 Å². The van der Waals surface area contributed by atoms with Gasteiger partial charge < -0.3 is 9.26 Å². The fourth-order valence-corrected chi connectivity index (χ4v) is 2.36. The molecule has 0 N–H and O–H groups in total. The van der Waals surface area contributed by atoms with Gasteiger partial charge in [-0.1, -0.05) is 28.9 Å². The molecule has 0 saturated heterocycles. The average Bonchev–Trinajstić information content (AvgIpc) is 3.09. The Hall–Kier alpha value is -3.26. The number of ether oxygens (including phenoxy) is 1. The molecule has 1 aromatic heterocycles. The molecule has 132 valence electrons. The van der Waals surface area contributed by atoms with Crippen LogP contribution in [0.5, 0.6) is 0 Å². The van der Waals surface area contributed by atoms with Gasteiger partial charge in [0, 0.05) is 12.1 Å². The Morgan fingerprint density at radius 1 is 1.27 bits per heavy atom. The van der Waals surface area contributed by atoms with Gasteiger partial charge in [-0.2, -0.15) is 0 Å². The number of hydrogen-bond donors (Lipinski definition) is 0. The number of nitro benzene ring substituents is 1. The lowest BCUT2D eigenvalue weighted by atomic mass is 10.1. The highest BCUT2D eigenvalue weighted by molar-refractivity contribution is 6.32. The zero-order valence-corrected chi connectivity index (χ0v) is 13.8. The van der Waals surface area contributed by atoms with Crippen LogP contribution >= 0.6 is 11.6 Å². The van der Waals surface area contributed by atoms with Crippen LogP contribution in [0.3, 0.4) is 0 Å². The topological polar surface area (TPSA) is 95.5 Å². The van der Waals surface area contributed by atoms with E-state index in [0.29, 0.717) is 0 Å². The van der Waals surface area contributed by atoms with E-state index >= 15 is 0 Å². The number of hydrogen-bond acceptors (Lipinski definition) is 6. The molecule has 2 aromatic carbocycles. The molecular weight excluding hydrogens is 367 g/mol. The number of rotatable bonds is 5. The maximum Gasteiger partial charge on any atom is 0.338 e. The zero-order valence-electron chi connectivity index (χ0n) is 13.0. The highest BCUT2D eigenvalue weighted by Gasteiger charge is 2.18. The van der Waals surface area contributed by atoms with Gasteiger partial charge in [0.15, 0.2) is 5.76 Å². The molecule has 0 unspecified atom stereocenters. The van der Waals surface area contributed by atoms with Crippen molar-refractivity contribution in [1.29, 1.82) is 0 Å². The minimum absolute atomic E-state index is 0.0288. The van der Waals surface area contributed by atoms with Crippen LogP contribution in [-0.2, 0) is 11.3 Å². The van der Waals surface area contributed by atoms with E-state index in [-0.39, 0.29) is 34.2 Å². The Balaban J connectivity index is 1.70. The van der Waals surface area contributed by atoms with Gasteiger partial charge in [0.25, 0.3) is 5.69 Å². The minimum Gasteiger partial charge on any atom is -0.455 e. The summed E-state index contributed by atoms with van der Waals surface area (Å²) in [5.74, 6) is -1.07. The number of esters is 1. The Labute approximate surface area is 151 Å². The first kappa shape index (κ1) is 17.6. The number of carbonyl (C=O) groups excluding carboxylic acids is 1. The summed E-state index contributed by atoms with van der Waals surface area (Å²) in [6.07, 6.45) is 0. The van der Waals surface area contributed by atoms with Gasteiger partial charge >= 0.3 is 5.97 Å². The van der Waals surface area contributed by atoms with Crippen LogP contribution in [0, 0.1) is 15.9 Å². The van der Waals surface area contributed by atoms with Crippen molar-refractivity contribution in [3.05, 3.63) is 80.7 Å². The highest BCUT2D eigenvalue weighted by atomic mass is 35.5. The van der Waals surface area contributed by atoms with Gasteiger partial charge in [-0.15, -0.1) is 0 Å². The molecule has 0 radical (unpaired) electrons. The third-order valence-corrected chi connectivity index (χ3v) is 3.75. The van der Waals surface area contributed by atoms with Crippen LogP contribution in [-0.4, -0.2) is 16.0 Å². The number of benzene rings is 2. The molecule has 7 nitrogen and oxygen atoms in total. The fourth-order valence-electron chi connectivity index (χ4n) is 2.17. The van der Waals surface area contributed by atoms with Crippen molar-refractivity contribution in [1.82, 2.24) is 5.16 Å². The summed E-state index contributed by atoms with van der Waals surface area (Å²) in [6.45, 7) is -0.243. The first-order valence-electron chi connectivity index (χ1n) is 7.27. The summed E-state index contributed by atoms with van der Waals surface area (Å²) in [5.41, 5.74) is 0.0642. The molecule has 3 rings (SSSR count). The summed E-state index contributed by atoms with van der Waals surface area (Å²) in [5, 5.41) is 14.5. The molecule has 0 spiro atoms. The summed E-state index contributed by atoms with van der Waals surface area (Å²) in [7, 11) is 0. The van der Waals surface area contributed by atoms with E-state index in [1.165, 1.54) is 30.3 Å². The maximum atomic E-state index is 13.7. The molecule has 9 heteroatoms. The van der Waals surface area contributed by atoms with Crippen LogP contribution in [0.25, 0.3) is 11.3 Å². The van der Waals surface area contributed by atoms with Crippen LogP contribution in [0.2, 0.25) is 5.02 Å². The second-order valence-corrected chi connectivity index (χ2v) is 5.57. The summed E-state index contributed by atoms with van der Waals surface area (Å²) < 4.78 is 23.8. The van der Waals surface area contributed by atoms with Crippen LogP contribution in [0.1, 0.15) is 16.1 Å². The number of halogens is 2. The number of carbonyl (C=O) groups is 1. The van der Waals surface area contributed by atoms with Gasteiger partial charge in [0.2, 0.25) is 0 Å². The molecule has 1 heterocycles. The second kappa shape index (κ2) is 7.32. The van der Waals surface area contributed by atoms with E-state index in [9.17, 15) is 19.3 Å². The smallest absolute Gasteiger partial charge is 0.338 e. The van der Waals surface area contributed by atoms with Gasteiger partial charge in [-0.05, 0) is 24.3 Å². The highest BCUT2D eigenvalue weighted by Crippen LogP contribution is 2.26. The average molecular weight is 377 g/mol. The van der Waals surface area contributed by atoms with Crippen molar-refractivity contribution in [2.45, 2.75) is 6.61 Å². The third kappa shape index (κ3) is 3.70. The molecule has 0 aliphatic heterocycles. The Kier molecular flexibility index (Phi) is 4.94. The SMILES string of the molecule is O=C(OCc1cc(-c2ccccc2F)on1)c1ccc(Cl)c([N+](=O)[O-])c1. The largest absolute Gasteiger partial charge is 0.455 e. The van der Waals surface area contributed by atoms with E-state index in [1.807, 2.05) is 0 Å². The van der Waals surface area contributed by atoms with Gasteiger partial charge in [-0.3, -0.25) is 10.1 Å². The molecular formula is C17H10ClFN2O5. The molecule has 0 atom stereocenters. The molecule has 3 aromatic rings. The van der Waals surface area contributed by atoms with Gasteiger partial charge in [0.1, 0.15) is 23.1 Å². The Morgan fingerprint density at radius 3 is 2.77 bits per heavy atom. The van der Waals surface area contributed by atoms with Crippen molar-refractivity contribution in [3.63, 3.8) is 0 Å². The third-order valence-electron chi connectivity index (χ3n) is 3.43. The second-order valence-electron chi connectivity index (χ2n) is 5.16. The lowest BCUT2D eigenvalue weighted by molar-refractivity contribution is -0.384. The van der Waals surface area contributed by atoms with Crippen LogP contribution in [0.15, 0.2) is 53.1 Å². The van der Waals surface area contributed by atoms with Crippen molar-refractivity contribution in [2.24, 2.45) is 0 Å². The van der Waals surface area contributed by atoms with Crippen molar-refractivity contribution < 1.29 is 23.4 Å². The van der Waals surface area contributed by atoms with E-state index in [2.05, 4.69) is 5.16 Å². The van der Waals surface area contributed by atoms with Crippen molar-refractivity contribution in [2.75, 3.05) is 0 Å². The monoisotopic (exact) mass is 376 g/mol. The Morgan fingerprint density at radius 2 is 2.04 bits per heavy atom. The predicted octanol–water partition coefficient (Wildman–Crippen LogP) is 4.40. The molecule has 26 heavy (non-hydrogen) atoms. The van der Waals surface area contributed by atoms with Crippen molar-refractivity contribution in [3.8, 4) is 11.3 Å². The quantitative estimate of drug-likeness (QED) is 0.372. The number of aromatic nitrogens is 1. The molecule has 0 fully saturated rings. The molecule has 0 amide bonds. The lowest BCUT2D eigenvalue weighted by Crippen LogP contribution is -2.06. The molecule has 0 aliphatic carbocycles. The molecule has 0 saturated carbocycles. The number of nitrogens with zero attached hydrogens (tertiary/aromatic N) is 2. The van der Waals surface area contributed by atoms with Crippen LogP contribution in [0.4, 0.5) is 10.1 Å². The molecule has 0 bridgehead atoms. The zero-order chi connectivity index (χ0) is 18.7. The Bertz CT molecular complexity index is 989. The summed E-state index contributed by atoms with van der Waals surface area (Å²) >= 11 is 5.70. The fraction of sp³-hybridized carbons (Fsp3) is 0.0588. The first-order valence-corrected chi connectivity index (χ1v) is 7.65. The number of nitro groups is 1. The first-order chi connectivity index (χ1) is 12.5. The standard InChI is InChI=1S/C17H10ClFN2O5/c18-13-6-5-10(7-15(13)21(23)24)17(22)25-9-11-8-16(26-20-11)12-3-1-2-4-14(12)19/h1-8H,9H2. The van der Waals surface area contributed by atoms with Gasteiger partial charge in [0.05, 0.1) is 16.1 Å². The summed E-state index contributed by atoms with van der Waals surface area (Å²) in [6, 6.07) is 11.0. The molecule has 0 aliphatic rings. The maximum absolute atomic E-state index is 13.7. The van der Waals surface area contributed by atoms with Crippen molar-refractivity contribution >= 4 is 23.3 Å². The van der Waals surface area contributed by atoms with E-state index < -0.39 is 22.4 Å². The minimum atomic E-state index is -0.791.